The lowest BCUT2D eigenvalue weighted by Crippen LogP contribution is -2.33. The number of halogens is 1. The van der Waals surface area contributed by atoms with Gasteiger partial charge in [0.2, 0.25) is 5.91 Å². The second-order valence-electron chi connectivity index (χ2n) is 7.00. The Balaban J connectivity index is 1.51. The van der Waals surface area contributed by atoms with Crippen LogP contribution in [0, 0.1) is 0 Å². The number of hydrogen-bond donors (Lipinski definition) is 0. The molecule has 2 heterocycles. The molecule has 0 aliphatic carbocycles. The Bertz CT molecular complexity index is 1160. The second-order valence-corrected chi connectivity index (χ2v) is 9.50. The number of aromatic nitrogens is 3. The molecule has 2 aromatic carbocycles. The van der Waals surface area contributed by atoms with Gasteiger partial charge >= 0.3 is 0 Å². The maximum Gasteiger partial charge on any atom is 0.239 e. The second kappa shape index (κ2) is 10.8. The smallest absolute Gasteiger partial charge is 0.239 e. The maximum absolute atomic E-state index is 13.2. The minimum Gasteiger partial charge on any atom is -0.494 e. The van der Waals surface area contributed by atoms with E-state index in [0.29, 0.717) is 29.1 Å². The summed E-state index contributed by atoms with van der Waals surface area (Å²) >= 11 is 8.98. The van der Waals surface area contributed by atoms with Crippen LogP contribution in [0.15, 0.2) is 66.1 Å². The maximum atomic E-state index is 13.2. The number of imidazole rings is 1. The molecule has 0 saturated heterocycles. The third-order valence-electron chi connectivity index (χ3n) is 4.72. The van der Waals surface area contributed by atoms with Crippen molar-refractivity contribution >= 4 is 56.0 Å². The molecule has 1 amide bonds. The molecule has 4 rings (SSSR count). The van der Waals surface area contributed by atoms with Gasteiger partial charge in [-0.3, -0.25) is 9.69 Å². The lowest BCUT2D eigenvalue weighted by atomic mass is 10.3. The van der Waals surface area contributed by atoms with Crippen LogP contribution in [0.3, 0.4) is 0 Å². The van der Waals surface area contributed by atoms with Gasteiger partial charge in [-0.25, -0.2) is 9.97 Å². The first-order valence-electron chi connectivity index (χ1n) is 10.3. The highest BCUT2D eigenvalue weighted by molar-refractivity contribution is 8.00. The van der Waals surface area contributed by atoms with E-state index in [1.54, 1.807) is 17.4 Å². The summed E-state index contributed by atoms with van der Waals surface area (Å²) in [5.74, 6) is 1.17. The molecule has 0 unspecified atom stereocenters. The monoisotopic (exact) mass is 486 g/mol. The largest absolute Gasteiger partial charge is 0.494 e. The molecular weight excluding hydrogens is 464 g/mol. The molecule has 0 fully saturated rings. The Labute approximate surface area is 200 Å². The normalized spacial score (nSPS) is 11.1. The van der Waals surface area contributed by atoms with Crippen LogP contribution in [-0.4, -0.2) is 39.3 Å². The molecule has 0 radical (unpaired) electrons. The molecule has 0 aliphatic rings. The molecule has 2 aromatic heterocycles. The predicted molar refractivity (Wildman–Crippen MR) is 132 cm³/mol. The number of amides is 1. The Morgan fingerprint density at radius 3 is 2.84 bits per heavy atom. The average Bonchev–Trinajstić information content (AvgIpc) is 3.46. The van der Waals surface area contributed by atoms with Crippen LogP contribution in [0.1, 0.15) is 13.3 Å². The molecule has 166 valence electrons. The van der Waals surface area contributed by atoms with Crippen molar-refractivity contribution in [2.75, 3.05) is 23.8 Å². The molecule has 9 heteroatoms. The van der Waals surface area contributed by atoms with E-state index < -0.39 is 0 Å². The lowest BCUT2D eigenvalue weighted by Gasteiger charge is -2.20. The fraction of sp³-hybridized carbons (Fsp3) is 0.261. The number of thioether (sulfide) groups is 1. The summed E-state index contributed by atoms with van der Waals surface area (Å²) in [5, 5.41) is 1.39. The van der Waals surface area contributed by atoms with Gasteiger partial charge in [0.15, 0.2) is 5.13 Å². The fourth-order valence-electron chi connectivity index (χ4n) is 3.18. The van der Waals surface area contributed by atoms with Gasteiger partial charge in [-0.15, -0.1) is 11.8 Å². The van der Waals surface area contributed by atoms with Gasteiger partial charge in [0.05, 0.1) is 28.9 Å². The highest BCUT2D eigenvalue weighted by Crippen LogP contribution is 2.32. The van der Waals surface area contributed by atoms with Crippen molar-refractivity contribution in [1.29, 1.82) is 0 Å². The van der Waals surface area contributed by atoms with Crippen LogP contribution in [0.4, 0.5) is 5.13 Å². The zero-order valence-corrected chi connectivity index (χ0v) is 20.0. The van der Waals surface area contributed by atoms with Gasteiger partial charge < -0.3 is 9.30 Å². The van der Waals surface area contributed by atoms with E-state index in [2.05, 4.69) is 4.98 Å². The summed E-state index contributed by atoms with van der Waals surface area (Å²) in [7, 11) is 0. The van der Waals surface area contributed by atoms with Crippen molar-refractivity contribution in [2.45, 2.75) is 24.8 Å². The van der Waals surface area contributed by atoms with Gasteiger partial charge in [-0.2, -0.15) is 0 Å². The third kappa shape index (κ3) is 5.82. The quantitative estimate of drug-likeness (QED) is 0.267. The molecule has 0 saturated carbocycles. The first kappa shape index (κ1) is 22.6. The van der Waals surface area contributed by atoms with Crippen molar-refractivity contribution in [1.82, 2.24) is 14.5 Å². The van der Waals surface area contributed by atoms with E-state index >= 15 is 0 Å². The highest BCUT2D eigenvalue weighted by Gasteiger charge is 2.20. The molecule has 0 bridgehead atoms. The minimum atomic E-state index is 0.0275. The number of hydrogen-bond acceptors (Lipinski definition) is 6. The number of benzene rings is 2. The van der Waals surface area contributed by atoms with Crippen molar-refractivity contribution in [2.24, 2.45) is 0 Å². The van der Waals surface area contributed by atoms with Crippen LogP contribution in [-0.2, 0) is 11.3 Å². The standard InChI is InChI=1S/C23H23ClN4O2S2/c1-2-30-18-6-9-20-21(14-18)32-23(26-20)28(12-3-11-27-13-10-25-16-27)22(29)15-31-19-7-4-17(24)5-8-19/h4-10,13-14,16H,2-3,11-12,15H2,1H3. The number of carbonyl (C=O) groups is 1. The minimum absolute atomic E-state index is 0.0275. The SMILES string of the molecule is CCOc1ccc2nc(N(CCCn3ccnc3)C(=O)CSc3ccc(Cl)cc3)sc2c1. The molecule has 6 nitrogen and oxygen atoms in total. The van der Waals surface area contributed by atoms with Gasteiger partial charge in [0.25, 0.3) is 0 Å². The molecule has 0 atom stereocenters. The van der Waals surface area contributed by atoms with E-state index in [0.717, 1.165) is 33.8 Å². The van der Waals surface area contributed by atoms with E-state index in [4.69, 9.17) is 21.3 Å². The Morgan fingerprint density at radius 2 is 2.09 bits per heavy atom. The number of nitrogens with zero attached hydrogens (tertiary/aromatic N) is 4. The molecule has 4 aromatic rings. The number of carbonyl (C=O) groups excluding carboxylic acids is 1. The first-order valence-corrected chi connectivity index (χ1v) is 12.5. The number of thiazole rings is 1. The van der Waals surface area contributed by atoms with Crippen LogP contribution in [0.5, 0.6) is 5.75 Å². The van der Waals surface area contributed by atoms with E-state index in [9.17, 15) is 4.79 Å². The van der Waals surface area contributed by atoms with Gasteiger partial charge in [-0.1, -0.05) is 22.9 Å². The summed E-state index contributed by atoms with van der Waals surface area (Å²) in [6.45, 7) is 3.93. The molecule has 0 aliphatic heterocycles. The predicted octanol–water partition coefficient (Wildman–Crippen LogP) is 5.76. The summed E-state index contributed by atoms with van der Waals surface area (Å²) in [6, 6.07) is 13.4. The number of ether oxygens (including phenoxy) is 1. The number of anilines is 1. The van der Waals surface area contributed by atoms with Crippen LogP contribution >= 0.6 is 34.7 Å². The third-order valence-corrected chi connectivity index (χ3v) is 7.01. The van der Waals surface area contributed by atoms with Crippen molar-refractivity contribution in [3.05, 3.63) is 66.2 Å². The number of rotatable bonds is 10. The Hall–Kier alpha value is -2.55. The van der Waals surface area contributed by atoms with Crippen molar-refractivity contribution in [3.8, 4) is 5.75 Å². The topological polar surface area (TPSA) is 60.2 Å². The molecular formula is C23H23ClN4O2S2. The molecule has 0 spiro atoms. The molecule has 0 N–H and O–H groups in total. The zero-order chi connectivity index (χ0) is 22.3. The van der Waals surface area contributed by atoms with Crippen LogP contribution in [0.25, 0.3) is 10.2 Å². The zero-order valence-electron chi connectivity index (χ0n) is 17.6. The summed E-state index contributed by atoms with van der Waals surface area (Å²) < 4.78 is 8.63. The molecule has 32 heavy (non-hydrogen) atoms. The summed E-state index contributed by atoms with van der Waals surface area (Å²) in [6.07, 6.45) is 6.27. The Kier molecular flexibility index (Phi) is 7.68. The number of fused-ring (bicyclic) bond motifs is 1. The van der Waals surface area contributed by atoms with E-state index in [1.807, 2.05) is 60.2 Å². The summed E-state index contributed by atoms with van der Waals surface area (Å²) in [5.41, 5.74) is 0.867. The highest BCUT2D eigenvalue weighted by atomic mass is 35.5. The average molecular weight is 487 g/mol. The van der Waals surface area contributed by atoms with Gasteiger partial charge in [0, 0.05) is 35.4 Å². The van der Waals surface area contributed by atoms with Gasteiger partial charge in [0.1, 0.15) is 5.75 Å². The summed E-state index contributed by atoms with van der Waals surface area (Å²) in [4.78, 5) is 24.8. The van der Waals surface area contributed by atoms with Crippen molar-refractivity contribution < 1.29 is 9.53 Å². The van der Waals surface area contributed by atoms with Crippen LogP contribution in [0.2, 0.25) is 5.02 Å². The Morgan fingerprint density at radius 1 is 1.25 bits per heavy atom. The van der Waals surface area contributed by atoms with E-state index in [-0.39, 0.29) is 5.91 Å². The van der Waals surface area contributed by atoms with E-state index in [1.165, 1.54) is 23.1 Å². The lowest BCUT2D eigenvalue weighted by molar-refractivity contribution is -0.116. The van der Waals surface area contributed by atoms with Crippen LogP contribution < -0.4 is 9.64 Å². The van der Waals surface area contributed by atoms with Gasteiger partial charge in [-0.05, 0) is 55.8 Å². The fourth-order valence-corrected chi connectivity index (χ4v) is 5.11. The number of aryl methyl sites for hydroxylation is 1. The first-order chi connectivity index (χ1) is 15.6. The van der Waals surface area contributed by atoms with Crippen molar-refractivity contribution in [3.63, 3.8) is 0 Å².